The Bertz CT molecular complexity index is 1050. The monoisotopic (exact) mass is 371 g/mol. The van der Waals surface area contributed by atoms with Crippen molar-refractivity contribution in [2.45, 2.75) is 19.3 Å². The van der Waals surface area contributed by atoms with Crippen LogP contribution in [0.15, 0.2) is 30.3 Å². The van der Waals surface area contributed by atoms with Gasteiger partial charge in [0.1, 0.15) is 5.82 Å². The Labute approximate surface area is 153 Å². The summed E-state index contributed by atoms with van der Waals surface area (Å²) in [5, 5.41) is 10.0. The average Bonchev–Trinajstić information content (AvgIpc) is 3.36. The number of carbonyl (C=O) groups excluding carboxylic acids is 1. The number of rotatable bonds is 5. The first kappa shape index (κ1) is 17.3. The lowest BCUT2D eigenvalue weighted by Gasteiger charge is -2.06. The second-order valence-electron chi connectivity index (χ2n) is 6.69. The molecule has 1 fully saturated rings. The summed E-state index contributed by atoms with van der Waals surface area (Å²) >= 11 is 0. The molecule has 138 valence electrons. The molecule has 2 aromatic carbocycles. The van der Waals surface area contributed by atoms with Crippen molar-refractivity contribution in [3.63, 3.8) is 0 Å². The molecule has 4 rings (SSSR count). The normalized spacial score (nSPS) is 14.2. The molecule has 0 spiro atoms. The summed E-state index contributed by atoms with van der Waals surface area (Å²) < 4.78 is 40.5. The smallest absolute Gasteiger partial charge is 0.224 e. The number of aromatic amines is 1. The maximum Gasteiger partial charge on any atom is 0.224 e. The predicted molar refractivity (Wildman–Crippen MR) is 97.3 cm³/mol. The minimum Gasteiger partial charge on any atom is -0.324 e. The Morgan fingerprint density at radius 1 is 1.11 bits per heavy atom. The van der Waals surface area contributed by atoms with Gasteiger partial charge < -0.3 is 5.32 Å². The molecule has 0 atom stereocenters. The molecular weight excluding hydrogens is 355 g/mol. The number of H-pyrrole nitrogens is 1. The summed E-state index contributed by atoms with van der Waals surface area (Å²) in [6, 6.07) is 6.34. The number of amides is 1. The van der Waals surface area contributed by atoms with Crippen LogP contribution in [-0.4, -0.2) is 16.1 Å². The van der Waals surface area contributed by atoms with Gasteiger partial charge in [0.2, 0.25) is 5.91 Å². The van der Waals surface area contributed by atoms with Gasteiger partial charge in [-0.05, 0) is 48.6 Å². The Morgan fingerprint density at radius 2 is 1.93 bits per heavy atom. The Kier molecular flexibility index (Phi) is 4.43. The minimum atomic E-state index is -0.938. The molecule has 2 N–H and O–H groups in total. The summed E-state index contributed by atoms with van der Waals surface area (Å²) in [7, 11) is 0. The number of hydrogen-bond acceptors (Lipinski definition) is 2. The molecule has 0 unspecified atom stereocenters. The minimum absolute atomic E-state index is 0.0945. The molecule has 1 aliphatic carbocycles. The van der Waals surface area contributed by atoms with E-state index in [0.29, 0.717) is 34.5 Å². The summed E-state index contributed by atoms with van der Waals surface area (Å²) in [6.45, 7) is 0. The van der Waals surface area contributed by atoms with Crippen LogP contribution in [0.25, 0.3) is 23.1 Å². The Morgan fingerprint density at radius 3 is 2.67 bits per heavy atom. The highest BCUT2D eigenvalue weighted by Gasteiger charge is 2.24. The van der Waals surface area contributed by atoms with E-state index >= 15 is 0 Å². The standard InChI is InChI=1S/C20H16F3N3O/c21-14-5-3-11(7-15(14)22)4-6-17-13-9-19(16(23)10-18(13)26-25-17)24-20(27)8-12-1-2-12/h3-7,9-10,12H,1-2,8H2,(H,24,27)(H,25,26). The first-order valence-corrected chi connectivity index (χ1v) is 8.60. The molecule has 0 saturated heterocycles. The van der Waals surface area contributed by atoms with Gasteiger partial charge in [-0.3, -0.25) is 9.89 Å². The molecule has 0 aliphatic heterocycles. The topological polar surface area (TPSA) is 57.8 Å². The molecule has 1 heterocycles. The highest BCUT2D eigenvalue weighted by atomic mass is 19.2. The highest BCUT2D eigenvalue weighted by molar-refractivity contribution is 5.96. The van der Waals surface area contributed by atoms with Crippen molar-refractivity contribution in [2.24, 2.45) is 5.92 Å². The maximum absolute atomic E-state index is 14.2. The van der Waals surface area contributed by atoms with Crippen LogP contribution in [0.1, 0.15) is 30.5 Å². The SMILES string of the molecule is O=C(CC1CC1)Nc1cc2c(C=Cc3ccc(F)c(F)c3)n[nH]c2cc1F. The zero-order valence-corrected chi connectivity index (χ0v) is 14.2. The summed E-state index contributed by atoms with van der Waals surface area (Å²) in [5.41, 5.74) is 1.52. The number of nitrogens with zero attached hydrogens (tertiary/aromatic N) is 1. The van der Waals surface area contributed by atoms with Gasteiger partial charge in [0.05, 0.1) is 16.9 Å². The molecule has 4 nitrogen and oxygen atoms in total. The third-order valence-electron chi connectivity index (χ3n) is 4.50. The molecular formula is C20H16F3N3O. The van der Waals surface area contributed by atoms with Crippen LogP contribution in [0.5, 0.6) is 0 Å². The van der Waals surface area contributed by atoms with E-state index in [9.17, 15) is 18.0 Å². The third-order valence-corrected chi connectivity index (χ3v) is 4.50. The summed E-state index contributed by atoms with van der Waals surface area (Å²) in [4.78, 5) is 12.0. The van der Waals surface area contributed by atoms with Gasteiger partial charge >= 0.3 is 0 Å². The maximum atomic E-state index is 14.2. The number of hydrogen-bond donors (Lipinski definition) is 2. The van der Waals surface area contributed by atoms with Gasteiger partial charge in [-0.15, -0.1) is 0 Å². The fourth-order valence-electron chi connectivity index (χ4n) is 2.86. The van der Waals surface area contributed by atoms with E-state index in [-0.39, 0.29) is 11.6 Å². The van der Waals surface area contributed by atoms with E-state index in [1.165, 1.54) is 18.2 Å². The molecule has 1 saturated carbocycles. The van der Waals surface area contributed by atoms with Gasteiger partial charge in [-0.1, -0.05) is 12.1 Å². The number of halogens is 3. The largest absolute Gasteiger partial charge is 0.324 e. The summed E-state index contributed by atoms with van der Waals surface area (Å²) in [5.74, 6) is -2.21. The van der Waals surface area contributed by atoms with Crippen LogP contribution < -0.4 is 5.32 Å². The molecule has 0 bridgehead atoms. The summed E-state index contributed by atoms with van der Waals surface area (Å²) in [6.07, 6.45) is 5.66. The lowest BCUT2D eigenvalue weighted by atomic mass is 10.1. The zero-order chi connectivity index (χ0) is 19.0. The number of anilines is 1. The van der Waals surface area contributed by atoms with Crippen LogP contribution in [0.2, 0.25) is 0 Å². The van der Waals surface area contributed by atoms with E-state index in [2.05, 4.69) is 15.5 Å². The van der Waals surface area contributed by atoms with Crippen molar-refractivity contribution in [3.8, 4) is 0 Å². The molecule has 1 aliphatic rings. The van der Waals surface area contributed by atoms with Gasteiger partial charge in [-0.25, -0.2) is 13.2 Å². The van der Waals surface area contributed by atoms with Crippen LogP contribution in [0.4, 0.5) is 18.9 Å². The molecule has 27 heavy (non-hydrogen) atoms. The van der Waals surface area contributed by atoms with E-state index in [1.54, 1.807) is 12.2 Å². The predicted octanol–water partition coefficient (Wildman–Crippen LogP) is 4.89. The molecule has 1 amide bonds. The lowest BCUT2D eigenvalue weighted by molar-refractivity contribution is -0.116. The number of fused-ring (bicyclic) bond motifs is 1. The molecule has 0 radical (unpaired) electrons. The fourth-order valence-corrected chi connectivity index (χ4v) is 2.86. The second kappa shape index (κ2) is 6.90. The lowest BCUT2D eigenvalue weighted by Crippen LogP contribution is -2.13. The van der Waals surface area contributed by atoms with Crippen molar-refractivity contribution in [2.75, 3.05) is 5.32 Å². The second-order valence-corrected chi connectivity index (χ2v) is 6.69. The van der Waals surface area contributed by atoms with Crippen LogP contribution in [0.3, 0.4) is 0 Å². The van der Waals surface area contributed by atoms with E-state index in [4.69, 9.17) is 0 Å². The van der Waals surface area contributed by atoms with Crippen molar-refractivity contribution in [3.05, 3.63) is 59.0 Å². The first-order valence-electron chi connectivity index (χ1n) is 8.60. The molecule has 3 aromatic rings. The van der Waals surface area contributed by atoms with Crippen LogP contribution in [-0.2, 0) is 4.79 Å². The first-order chi connectivity index (χ1) is 13.0. The quantitative estimate of drug-likeness (QED) is 0.671. The van der Waals surface area contributed by atoms with Gasteiger partial charge in [-0.2, -0.15) is 5.10 Å². The molecule has 7 heteroatoms. The number of carbonyl (C=O) groups is 1. The van der Waals surface area contributed by atoms with Crippen molar-refractivity contribution >= 4 is 34.6 Å². The highest BCUT2D eigenvalue weighted by Crippen LogP contribution is 2.33. The van der Waals surface area contributed by atoms with Gasteiger partial charge in [0.15, 0.2) is 11.6 Å². The zero-order valence-electron chi connectivity index (χ0n) is 14.2. The van der Waals surface area contributed by atoms with E-state index in [0.717, 1.165) is 25.0 Å². The third kappa shape index (κ3) is 3.86. The number of benzene rings is 2. The average molecular weight is 371 g/mol. The Hall–Kier alpha value is -3.09. The fraction of sp³-hybridized carbons (Fsp3) is 0.200. The van der Waals surface area contributed by atoms with Gasteiger partial charge in [0, 0.05) is 17.9 Å². The number of nitrogens with one attached hydrogen (secondary N) is 2. The van der Waals surface area contributed by atoms with Crippen LogP contribution in [0, 0.1) is 23.4 Å². The van der Waals surface area contributed by atoms with E-state index in [1.807, 2.05) is 0 Å². The van der Waals surface area contributed by atoms with E-state index < -0.39 is 17.5 Å². The Balaban J connectivity index is 1.60. The molecule has 1 aromatic heterocycles. The van der Waals surface area contributed by atoms with Crippen molar-refractivity contribution in [1.82, 2.24) is 10.2 Å². The van der Waals surface area contributed by atoms with Crippen molar-refractivity contribution < 1.29 is 18.0 Å². The number of aromatic nitrogens is 2. The van der Waals surface area contributed by atoms with Crippen LogP contribution >= 0.6 is 0 Å². The van der Waals surface area contributed by atoms with Crippen molar-refractivity contribution in [1.29, 1.82) is 0 Å². The van der Waals surface area contributed by atoms with Gasteiger partial charge in [0.25, 0.3) is 0 Å².